The van der Waals surface area contributed by atoms with E-state index < -0.39 is 0 Å². The number of rotatable bonds is 7. The third-order valence-corrected chi connectivity index (χ3v) is 5.99. The number of hydrogen-bond donors (Lipinski definition) is 1. The number of piperazine rings is 1. The van der Waals surface area contributed by atoms with Crippen LogP contribution in [0.4, 0.5) is 5.82 Å². The molecule has 33 heavy (non-hydrogen) atoms. The zero-order valence-corrected chi connectivity index (χ0v) is 19.7. The van der Waals surface area contributed by atoms with Crippen molar-refractivity contribution in [3.8, 4) is 5.75 Å². The van der Waals surface area contributed by atoms with Gasteiger partial charge < -0.3 is 29.3 Å². The van der Waals surface area contributed by atoms with Crippen molar-refractivity contribution in [1.82, 2.24) is 15.2 Å². The van der Waals surface area contributed by atoms with Crippen molar-refractivity contribution in [1.29, 1.82) is 0 Å². The molecule has 2 aromatic rings. The summed E-state index contributed by atoms with van der Waals surface area (Å²) in [5.41, 5.74) is 2.50. The van der Waals surface area contributed by atoms with Gasteiger partial charge in [0.15, 0.2) is 5.96 Å². The van der Waals surface area contributed by atoms with Gasteiger partial charge in [-0.1, -0.05) is 12.1 Å². The first-order valence-electron chi connectivity index (χ1n) is 11.7. The molecule has 0 bridgehead atoms. The molecule has 1 aromatic heterocycles. The predicted octanol–water partition coefficient (Wildman–Crippen LogP) is 2.12. The zero-order chi connectivity index (χ0) is 22.9. The highest BCUT2D eigenvalue weighted by Crippen LogP contribution is 2.15. The third kappa shape index (κ3) is 6.82. The predicted molar refractivity (Wildman–Crippen MR) is 130 cm³/mol. The van der Waals surface area contributed by atoms with Crippen LogP contribution in [-0.4, -0.2) is 88.1 Å². The van der Waals surface area contributed by atoms with Gasteiger partial charge in [0.05, 0.1) is 33.5 Å². The largest absolute Gasteiger partial charge is 0.497 e. The van der Waals surface area contributed by atoms with Crippen LogP contribution in [0.25, 0.3) is 0 Å². The summed E-state index contributed by atoms with van der Waals surface area (Å²) in [6.07, 6.45) is 2.82. The van der Waals surface area contributed by atoms with Gasteiger partial charge in [-0.2, -0.15) is 0 Å². The second-order valence-corrected chi connectivity index (χ2v) is 8.42. The number of pyridine rings is 1. The molecule has 1 atom stereocenters. The maximum absolute atomic E-state index is 5.79. The van der Waals surface area contributed by atoms with Gasteiger partial charge in [0.25, 0.3) is 0 Å². The highest BCUT2D eigenvalue weighted by molar-refractivity contribution is 5.80. The SMILES string of the molecule is COc1ccc(CCNC(=NC[C@@H]2COCCO2)N2CCN(c3cc(C)ccn3)CC2)cc1. The number of aliphatic imine (C=N–C) groups is 1. The van der Waals surface area contributed by atoms with Crippen molar-refractivity contribution in [2.24, 2.45) is 4.99 Å². The standard InChI is InChI=1S/C25H35N5O3/c1-20-7-9-26-24(17-20)29-11-13-30(14-12-29)25(28-18-23-19-32-15-16-33-23)27-10-8-21-3-5-22(31-2)6-4-21/h3-7,9,17,23H,8,10-16,18-19H2,1-2H3,(H,27,28)/t23-/m1/s1. The first-order valence-corrected chi connectivity index (χ1v) is 11.7. The van der Waals surface area contributed by atoms with Crippen molar-refractivity contribution in [2.75, 3.05) is 71.1 Å². The van der Waals surface area contributed by atoms with Gasteiger partial charge in [0.2, 0.25) is 0 Å². The Hall–Kier alpha value is -2.84. The highest BCUT2D eigenvalue weighted by Gasteiger charge is 2.22. The van der Waals surface area contributed by atoms with E-state index in [0.29, 0.717) is 26.4 Å². The van der Waals surface area contributed by atoms with Crippen LogP contribution in [0, 0.1) is 6.92 Å². The van der Waals surface area contributed by atoms with E-state index in [4.69, 9.17) is 19.2 Å². The number of guanidine groups is 1. The van der Waals surface area contributed by atoms with E-state index in [1.807, 2.05) is 24.4 Å². The molecule has 0 amide bonds. The van der Waals surface area contributed by atoms with Crippen LogP contribution in [0.2, 0.25) is 0 Å². The summed E-state index contributed by atoms with van der Waals surface area (Å²) in [7, 11) is 1.69. The average molecular weight is 454 g/mol. The Morgan fingerprint density at radius 1 is 1.15 bits per heavy atom. The summed E-state index contributed by atoms with van der Waals surface area (Å²) >= 11 is 0. The van der Waals surface area contributed by atoms with Crippen LogP contribution in [0.3, 0.4) is 0 Å². The van der Waals surface area contributed by atoms with Crippen LogP contribution in [0.15, 0.2) is 47.6 Å². The minimum Gasteiger partial charge on any atom is -0.497 e. The molecule has 4 rings (SSSR count). The van der Waals surface area contributed by atoms with Crippen molar-refractivity contribution >= 4 is 11.8 Å². The van der Waals surface area contributed by atoms with Gasteiger partial charge in [-0.05, 0) is 48.7 Å². The van der Waals surface area contributed by atoms with E-state index in [1.54, 1.807) is 7.11 Å². The number of benzene rings is 1. The molecular weight excluding hydrogens is 418 g/mol. The second kappa shape index (κ2) is 11.9. The molecule has 1 N–H and O–H groups in total. The molecule has 0 unspecified atom stereocenters. The number of nitrogens with zero attached hydrogens (tertiary/aromatic N) is 4. The summed E-state index contributed by atoms with van der Waals surface area (Å²) in [6, 6.07) is 12.4. The summed E-state index contributed by atoms with van der Waals surface area (Å²) in [4.78, 5) is 14.1. The monoisotopic (exact) mass is 453 g/mol. The Kier molecular flexibility index (Phi) is 8.38. The molecule has 8 nitrogen and oxygen atoms in total. The Balaban J connectivity index is 1.35. The van der Waals surface area contributed by atoms with E-state index >= 15 is 0 Å². The number of anilines is 1. The van der Waals surface area contributed by atoms with Crippen LogP contribution in [0.5, 0.6) is 5.75 Å². The number of aryl methyl sites for hydroxylation is 1. The molecule has 2 aliphatic heterocycles. The van der Waals surface area contributed by atoms with Crippen molar-refractivity contribution in [3.05, 3.63) is 53.7 Å². The number of aromatic nitrogens is 1. The fourth-order valence-corrected chi connectivity index (χ4v) is 4.05. The lowest BCUT2D eigenvalue weighted by Crippen LogP contribution is -2.53. The van der Waals surface area contributed by atoms with Crippen LogP contribution in [0.1, 0.15) is 11.1 Å². The minimum atomic E-state index is 0.0231. The molecule has 178 valence electrons. The van der Waals surface area contributed by atoms with Crippen LogP contribution < -0.4 is 15.0 Å². The molecule has 0 radical (unpaired) electrons. The van der Waals surface area contributed by atoms with Gasteiger partial charge in [-0.25, -0.2) is 4.98 Å². The molecular formula is C25H35N5O3. The molecule has 2 saturated heterocycles. The zero-order valence-electron chi connectivity index (χ0n) is 19.7. The van der Waals surface area contributed by atoms with Gasteiger partial charge >= 0.3 is 0 Å². The summed E-state index contributed by atoms with van der Waals surface area (Å²) < 4.78 is 16.6. The number of ether oxygens (including phenoxy) is 3. The maximum atomic E-state index is 5.79. The fraction of sp³-hybridized carbons (Fsp3) is 0.520. The first-order chi connectivity index (χ1) is 16.2. The van der Waals surface area contributed by atoms with E-state index in [2.05, 4.69) is 45.2 Å². The Labute approximate surface area is 196 Å². The van der Waals surface area contributed by atoms with Crippen molar-refractivity contribution in [2.45, 2.75) is 19.4 Å². The Morgan fingerprint density at radius 2 is 1.97 bits per heavy atom. The van der Waals surface area contributed by atoms with Crippen molar-refractivity contribution < 1.29 is 14.2 Å². The quantitative estimate of drug-likeness (QED) is 0.509. The summed E-state index contributed by atoms with van der Waals surface area (Å²) in [5.74, 6) is 2.87. The van der Waals surface area contributed by atoms with E-state index in [1.165, 1.54) is 11.1 Å². The van der Waals surface area contributed by atoms with Gasteiger partial charge in [-0.15, -0.1) is 0 Å². The smallest absolute Gasteiger partial charge is 0.194 e. The Morgan fingerprint density at radius 3 is 2.67 bits per heavy atom. The van der Waals surface area contributed by atoms with Crippen LogP contribution in [-0.2, 0) is 15.9 Å². The molecule has 0 aliphatic carbocycles. The normalized spacial score (nSPS) is 19.5. The molecule has 3 heterocycles. The summed E-state index contributed by atoms with van der Waals surface area (Å²) in [5, 5.41) is 3.58. The molecule has 2 aliphatic rings. The van der Waals surface area contributed by atoms with Gasteiger partial charge in [0.1, 0.15) is 17.7 Å². The molecule has 2 fully saturated rings. The molecule has 8 heteroatoms. The summed E-state index contributed by atoms with van der Waals surface area (Å²) in [6.45, 7) is 9.06. The third-order valence-electron chi connectivity index (χ3n) is 5.99. The first kappa shape index (κ1) is 23.3. The highest BCUT2D eigenvalue weighted by atomic mass is 16.6. The molecule has 0 spiro atoms. The van der Waals surface area contributed by atoms with E-state index in [-0.39, 0.29) is 6.10 Å². The van der Waals surface area contributed by atoms with E-state index in [9.17, 15) is 0 Å². The second-order valence-electron chi connectivity index (χ2n) is 8.42. The van der Waals surface area contributed by atoms with Gasteiger partial charge in [0, 0.05) is 38.9 Å². The number of methoxy groups -OCH3 is 1. The number of nitrogens with one attached hydrogen (secondary N) is 1. The average Bonchev–Trinajstić information content (AvgIpc) is 2.87. The minimum absolute atomic E-state index is 0.0231. The topological polar surface area (TPSA) is 71.5 Å². The molecule has 0 saturated carbocycles. The fourth-order valence-electron chi connectivity index (χ4n) is 4.05. The van der Waals surface area contributed by atoms with E-state index in [0.717, 1.165) is 56.7 Å². The lowest BCUT2D eigenvalue weighted by atomic mass is 10.1. The number of hydrogen-bond acceptors (Lipinski definition) is 6. The van der Waals surface area contributed by atoms with Crippen molar-refractivity contribution in [3.63, 3.8) is 0 Å². The lowest BCUT2D eigenvalue weighted by Gasteiger charge is -2.37. The molecule has 1 aromatic carbocycles. The van der Waals surface area contributed by atoms with Crippen LogP contribution >= 0.6 is 0 Å². The maximum Gasteiger partial charge on any atom is 0.194 e. The Bertz CT molecular complexity index is 891. The van der Waals surface area contributed by atoms with Gasteiger partial charge in [-0.3, -0.25) is 4.99 Å². The lowest BCUT2D eigenvalue weighted by molar-refractivity contribution is -0.0833.